The lowest BCUT2D eigenvalue weighted by Gasteiger charge is -2.05. The average molecular weight is 464 g/mol. The summed E-state index contributed by atoms with van der Waals surface area (Å²) < 4.78 is 1.12. The second kappa shape index (κ2) is 6.31. The molecule has 0 unspecified atom stereocenters. The van der Waals surface area contributed by atoms with Crippen molar-refractivity contribution in [3.63, 3.8) is 0 Å². The number of nitrogens with zero attached hydrogens (tertiary/aromatic N) is 2. The van der Waals surface area contributed by atoms with Crippen molar-refractivity contribution >= 4 is 67.3 Å². The van der Waals surface area contributed by atoms with Crippen LogP contribution in [0.15, 0.2) is 66.7 Å². The van der Waals surface area contributed by atoms with E-state index in [4.69, 9.17) is 4.98 Å². The maximum absolute atomic E-state index is 12.7. The lowest BCUT2D eigenvalue weighted by Crippen LogP contribution is -2.11. The molecular formula is C21H13IN4O. The third kappa shape index (κ3) is 2.91. The molecule has 130 valence electrons. The van der Waals surface area contributed by atoms with Gasteiger partial charge in [0.25, 0.3) is 5.91 Å². The fraction of sp³-hybridized carbons (Fsp3) is 0. The molecule has 27 heavy (non-hydrogen) atoms. The molecule has 0 atom stereocenters. The number of halogens is 1. The summed E-state index contributed by atoms with van der Waals surface area (Å²) in [6.45, 7) is 0. The highest BCUT2D eigenvalue weighted by molar-refractivity contribution is 14.1. The van der Waals surface area contributed by atoms with E-state index in [2.05, 4.69) is 37.9 Å². The molecule has 0 radical (unpaired) electrons. The van der Waals surface area contributed by atoms with Gasteiger partial charge in [0, 0.05) is 25.7 Å². The van der Waals surface area contributed by atoms with Gasteiger partial charge in [-0.3, -0.25) is 4.79 Å². The lowest BCUT2D eigenvalue weighted by atomic mass is 10.1. The van der Waals surface area contributed by atoms with Gasteiger partial charge in [0.15, 0.2) is 5.65 Å². The Bertz CT molecular complexity index is 1330. The Kier molecular flexibility index (Phi) is 3.78. The average Bonchev–Trinajstić information content (AvgIpc) is 3.04. The SMILES string of the molecule is O=C(Nc1ccc(I)cc1)c1ccc2[nH]c3nc4ccccc4nc3c2c1. The number of hydrogen-bond donors (Lipinski definition) is 2. The molecule has 0 saturated heterocycles. The van der Waals surface area contributed by atoms with E-state index in [-0.39, 0.29) is 5.91 Å². The minimum absolute atomic E-state index is 0.152. The number of aromatic nitrogens is 3. The second-order valence-electron chi connectivity index (χ2n) is 6.26. The van der Waals surface area contributed by atoms with E-state index < -0.39 is 0 Å². The number of fused-ring (bicyclic) bond motifs is 4. The van der Waals surface area contributed by atoms with Gasteiger partial charge in [0.05, 0.1) is 11.0 Å². The van der Waals surface area contributed by atoms with Crippen molar-refractivity contribution in [2.75, 3.05) is 5.32 Å². The van der Waals surface area contributed by atoms with Crippen LogP contribution in [0, 0.1) is 3.57 Å². The fourth-order valence-corrected chi connectivity index (χ4v) is 3.49. The Hall–Kier alpha value is -3.00. The van der Waals surface area contributed by atoms with Crippen LogP contribution in [-0.4, -0.2) is 20.9 Å². The zero-order valence-electron chi connectivity index (χ0n) is 14.0. The molecule has 0 bridgehead atoms. The molecule has 0 aliphatic rings. The Morgan fingerprint density at radius 3 is 2.44 bits per heavy atom. The molecule has 2 heterocycles. The Morgan fingerprint density at radius 2 is 1.67 bits per heavy atom. The number of nitrogens with one attached hydrogen (secondary N) is 2. The van der Waals surface area contributed by atoms with Crippen LogP contribution < -0.4 is 5.32 Å². The highest BCUT2D eigenvalue weighted by atomic mass is 127. The number of anilines is 1. The summed E-state index contributed by atoms with van der Waals surface area (Å²) in [4.78, 5) is 25.3. The maximum atomic E-state index is 12.7. The van der Waals surface area contributed by atoms with Crippen molar-refractivity contribution in [2.24, 2.45) is 0 Å². The zero-order valence-corrected chi connectivity index (χ0v) is 16.2. The van der Waals surface area contributed by atoms with E-state index in [0.29, 0.717) is 5.56 Å². The van der Waals surface area contributed by atoms with Crippen LogP contribution in [0.25, 0.3) is 33.1 Å². The van der Waals surface area contributed by atoms with Crippen LogP contribution in [0.5, 0.6) is 0 Å². The summed E-state index contributed by atoms with van der Waals surface area (Å²) in [5.41, 5.74) is 5.42. The number of aromatic amines is 1. The number of rotatable bonds is 2. The predicted octanol–water partition coefficient (Wildman–Crippen LogP) is 5.12. The summed E-state index contributed by atoms with van der Waals surface area (Å²) in [6, 6.07) is 21.0. The molecule has 0 fully saturated rings. The largest absolute Gasteiger partial charge is 0.338 e. The monoisotopic (exact) mass is 464 g/mol. The normalized spacial score (nSPS) is 11.3. The highest BCUT2D eigenvalue weighted by Crippen LogP contribution is 2.26. The van der Waals surface area contributed by atoms with Crippen molar-refractivity contribution in [1.82, 2.24) is 15.0 Å². The Balaban J connectivity index is 1.59. The van der Waals surface area contributed by atoms with Crippen LogP contribution in [0.2, 0.25) is 0 Å². The first kappa shape index (κ1) is 16.2. The van der Waals surface area contributed by atoms with E-state index in [1.807, 2.05) is 60.7 Å². The van der Waals surface area contributed by atoms with E-state index in [1.54, 1.807) is 6.07 Å². The van der Waals surface area contributed by atoms with Crippen LogP contribution in [0.3, 0.4) is 0 Å². The van der Waals surface area contributed by atoms with Crippen molar-refractivity contribution in [3.8, 4) is 0 Å². The number of para-hydroxylation sites is 2. The van der Waals surface area contributed by atoms with Crippen molar-refractivity contribution in [2.45, 2.75) is 0 Å². The molecule has 0 aliphatic carbocycles. The maximum Gasteiger partial charge on any atom is 0.255 e. The van der Waals surface area contributed by atoms with Gasteiger partial charge in [-0.25, -0.2) is 9.97 Å². The first-order chi connectivity index (χ1) is 13.2. The minimum atomic E-state index is -0.152. The van der Waals surface area contributed by atoms with Gasteiger partial charge >= 0.3 is 0 Å². The second-order valence-corrected chi connectivity index (χ2v) is 7.50. The standard InChI is InChI=1S/C21H13IN4O/c22-13-6-8-14(9-7-13)23-21(27)12-5-10-16-15(11-12)19-20(25-16)26-18-4-2-1-3-17(18)24-19/h1-11H,(H,23,27)(H,25,26). The Morgan fingerprint density at radius 1 is 0.926 bits per heavy atom. The lowest BCUT2D eigenvalue weighted by molar-refractivity contribution is 0.102. The van der Waals surface area contributed by atoms with E-state index in [9.17, 15) is 4.79 Å². The van der Waals surface area contributed by atoms with Crippen molar-refractivity contribution in [1.29, 1.82) is 0 Å². The molecule has 0 spiro atoms. The molecule has 2 aromatic heterocycles. The third-order valence-electron chi connectivity index (χ3n) is 4.46. The third-order valence-corrected chi connectivity index (χ3v) is 5.18. The molecule has 2 N–H and O–H groups in total. The Labute approximate surface area is 168 Å². The van der Waals surface area contributed by atoms with Crippen LogP contribution in [-0.2, 0) is 0 Å². The zero-order chi connectivity index (χ0) is 18.4. The molecule has 0 aliphatic heterocycles. The topological polar surface area (TPSA) is 70.7 Å². The smallest absolute Gasteiger partial charge is 0.255 e. The molecule has 0 saturated carbocycles. The molecular weight excluding hydrogens is 451 g/mol. The first-order valence-corrected chi connectivity index (χ1v) is 9.50. The van der Waals surface area contributed by atoms with Crippen LogP contribution in [0.4, 0.5) is 5.69 Å². The molecule has 6 heteroatoms. The molecule has 5 nitrogen and oxygen atoms in total. The fourth-order valence-electron chi connectivity index (χ4n) is 3.13. The first-order valence-electron chi connectivity index (χ1n) is 8.42. The molecule has 1 amide bonds. The van der Waals surface area contributed by atoms with E-state index >= 15 is 0 Å². The van der Waals surface area contributed by atoms with Gasteiger partial charge < -0.3 is 10.3 Å². The van der Waals surface area contributed by atoms with Gasteiger partial charge in [0.2, 0.25) is 0 Å². The summed E-state index contributed by atoms with van der Waals surface area (Å²) >= 11 is 2.24. The highest BCUT2D eigenvalue weighted by Gasteiger charge is 2.12. The number of H-pyrrole nitrogens is 1. The number of benzene rings is 3. The summed E-state index contributed by atoms with van der Waals surface area (Å²) in [5.74, 6) is -0.152. The molecule has 5 aromatic rings. The predicted molar refractivity (Wildman–Crippen MR) is 116 cm³/mol. The summed E-state index contributed by atoms with van der Waals surface area (Å²) in [7, 11) is 0. The molecule has 5 rings (SSSR count). The van der Waals surface area contributed by atoms with E-state index in [0.717, 1.165) is 42.4 Å². The quantitative estimate of drug-likeness (QED) is 0.357. The number of hydrogen-bond acceptors (Lipinski definition) is 3. The summed E-state index contributed by atoms with van der Waals surface area (Å²) in [6.07, 6.45) is 0. The minimum Gasteiger partial charge on any atom is -0.338 e. The number of carbonyl (C=O) groups excluding carboxylic acids is 1. The van der Waals surface area contributed by atoms with Gasteiger partial charge in [-0.1, -0.05) is 12.1 Å². The van der Waals surface area contributed by atoms with Crippen molar-refractivity contribution < 1.29 is 4.79 Å². The number of amides is 1. The van der Waals surface area contributed by atoms with Crippen molar-refractivity contribution in [3.05, 3.63) is 75.9 Å². The van der Waals surface area contributed by atoms with Gasteiger partial charge in [-0.2, -0.15) is 0 Å². The number of carbonyl (C=O) groups is 1. The van der Waals surface area contributed by atoms with Crippen LogP contribution in [0.1, 0.15) is 10.4 Å². The summed E-state index contributed by atoms with van der Waals surface area (Å²) in [5, 5.41) is 3.82. The molecule has 3 aromatic carbocycles. The van der Waals surface area contributed by atoms with Gasteiger partial charge in [0.1, 0.15) is 5.52 Å². The van der Waals surface area contributed by atoms with E-state index in [1.165, 1.54) is 0 Å². The van der Waals surface area contributed by atoms with Gasteiger partial charge in [-0.05, 0) is 77.2 Å². The van der Waals surface area contributed by atoms with Crippen LogP contribution >= 0.6 is 22.6 Å². The van der Waals surface area contributed by atoms with Gasteiger partial charge in [-0.15, -0.1) is 0 Å².